The van der Waals surface area contributed by atoms with E-state index in [-0.39, 0.29) is 13.2 Å². The van der Waals surface area contributed by atoms with Gasteiger partial charge >= 0.3 is 0 Å². The Kier molecular flexibility index (Phi) is 6.31. The highest BCUT2D eigenvalue weighted by molar-refractivity contribution is 7.85. The van der Waals surface area contributed by atoms with E-state index in [9.17, 15) is 8.42 Å². The molecule has 1 fully saturated rings. The van der Waals surface area contributed by atoms with Gasteiger partial charge in [-0.2, -0.15) is 8.42 Å². The van der Waals surface area contributed by atoms with Crippen LogP contribution in [0.1, 0.15) is 0 Å². The van der Waals surface area contributed by atoms with Crippen LogP contribution < -0.4 is 0 Å². The third kappa shape index (κ3) is 6.92. The van der Waals surface area contributed by atoms with Gasteiger partial charge in [0.05, 0.1) is 32.5 Å². The summed E-state index contributed by atoms with van der Waals surface area (Å²) in [4.78, 5) is 2.01. The maximum Gasteiger partial charge on any atom is 0.267 e. The van der Waals surface area contributed by atoms with Gasteiger partial charge in [-0.3, -0.25) is 9.45 Å². The van der Waals surface area contributed by atoms with E-state index < -0.39 is 22.0 Å². The maximum atomic E-state index is 10.8. The molecule has 0 saturated carbocycles. The van der Waals surface area contributed by atoms with E-state index in [0.29, 0.717) is 32.8 Å². The Morgan fingerprint density at radius 3 is 2.53 bits per heavy atom. The first kappa shape index (κ1) is 14.8. The molecule has 0 aromatic rings. The van der Waals surface area contributed by atoms with Crippen LogP contribution in [0.2, 0.25) is 0 Å². The molecule has 1 atom stereocenters. The number of rotatable bonds is 7. The van der Waals surface area contributed by atoms with Gasteiger partial charge in [0.2, 0.25) is 0 Å². The van der Waals surface area contributed by atoms with Crippen LogP contribution in [0.25, 0.3) is 0 Å². The lowest BCUT2D eigenvalue weighted by atomic mass is 10.3. The molecule has 0 aromatic carbocycles. The largest absolute Gasteiger partial charge is 0.394 e. The Hall–Kier alpha value is -0.250. The lowest BCUT2D eigenvalue weighted by molar-refractivity contribution is -0.0128. The summed E-state index contributed by atoms with van der Waals surface area (Å²) in [6.45, 7) is 2.94. The maximum absolute atomic E-state index is 10.8. The standard InChI is InChI=1S/C9H19NO6S/c11-3-6-16-9(8-17(12,13)14)7-10-1-4-15-5-2-10/h9,11H,1-8H2,(H,12,13,14). The second-order valence-corrected chi connectivity index (χ2v) is 5.38. The van der Waals surface area contributed by atoms with E-state index >= 15 is 0 Å². The van der Waals surface area contributed by atoms with E-state index in [4.69, 9.17) is 19.1 Å². The molecule has 1 saturated heterocycles. The predicted octanol–water partition coefficient (Wildman–Crippen LogP) is -1.42. The Morgan fingerprint density at radius 1 is 1.35 bits per heavy atom. The van der Waals surface area contributed by atoms with Crippen LogP contribution in [0.3, 0.4) is 0 Å². The summed E-state index contributed by atoms with van der Waals surface area (Å²) in [5.74, 6) is -0.454. The predicted molar refractivity (Wildman–Crippen MR) is 60.5 cm³/mol. The molecule has 0 spiro atoms. The SMILES string of the molecule is O=S(=O)(O)CC(CN1CCOCC1)OCCO. The molecule has 0 radical (unpaired) electrons. The second-order valence-electron chi connectivity index (χ2n) is 3.88. The molecule has 102 valence electrons. The third-order valence-corrected chi connectivity index (χ3v) is 3.20. The molecule has 1 aliphatic rings. The van der Waals surface area contributed by atoms with Crippen molar-refractivity contribution in [1.29, 1.82) is 0 Å². The van der Waals surface area contributed by atoms with Crippen molar-refractivity contribution >= 4 is 10.1 Å². The van der Waals surface area contributed by atoms with Gasteiger partial charge < -0.3 is 14.6 Å². The van der Waals surface area contributed by atoms with Gasteiger partial charge in [0.25, 0.3) is 10.1 Å². The van der Waals surface area contributed by atoms with Crippen molar-refractivity contribution in [3.05, 3.63) is 0 Å². The fourth-order valence-electron chi connectivity index (χ4n) is 1.68. The summed E-state index contributed by atoms with van der Waals surface area (Å²) < 4.78 is 40.8. The van der Waals surface area contributed by atoms with Crippen molar-refractivity contribution < 1.29 is 27.6 Å². The van der Waals surface area contributed by atoms with Crippen molar-refractivity contribution in [1.82, 2.24) is 4.90 Å². The summed E-state index contributed by atoms with van der Waals surface area (Å²) in [5, 5.41) is 8.65. The Morgan fingerprint density at radius 2 is 2.00 bits per heavy atom. The summed E-state index contributed by atoms with van der Waals surface area (Å²) in [7, 11) is -4.07. The molecule has 0 bridgehead atoms. The van der Waals surface area contributed by atoms with Crippen molar-refractivity contribution in [2.45, 2.75) is 6.10 Å². The molecule has 1 rings (SSSR count). The molecule has 8 heteroatoms. The molecule has 7 nitrogen and oxygen atoms in total. The monoisotopic (exact) mass is 269 g/mol. The minimum Gasteiger partial charge on any atom is -0.394 e. The summed E-state index contributed by atoms with van der Waals surface area (Å²) in [6, 6.07) is 0. The Bertz CT molecular complexity index is 301. The summed E-state index contributed by atoms with van der Waals surface area (Å²) in [6.07, 6.45) is -0.629. The van der Waals surface area contributed by atoms with Gasteiger partial charge in [-0.15, -0.1) is 0 Å². The topological polar surface area (TPSA) is 96.3 Å². The lowest BCUT2D eigenvalue weighted by Crippen LogP contribution is -2.43. The van der Waals surface area contributed by atoms with Gasteiger partial charge in [-0.25, -0.2) is 0 Å². The molecule has 1 unspecified atom stereocenters. The number of hydrogen-bond acceptors (Lipinski definition) is 6. The molecular formula is C9H19NO6S. The smallest absolute Gasteiger partial charge is 0.267 e. The highest BCUT2D eigenvalue weighted by Crippen LogP contribution is 2.04. The van der Waals surface area contributed by atoms with E-state index in [1.165, 1.54) is 0 Å². The van der Waals surface area contributed by atoms with Gasteiger partial charge in [0.15, 0.2) is 0 Å². The van der Waals surface area contributed by atoms with Crippen LogP contribution in [-0.4, -0.2) is 80.9 Å². The van der Waals surface area contributed by atoms with E-state index in [0.717, 1.165) is 0 Å². The van der Waals surface area contributed by atoms with Gasteiger partial charge in [-0.1, -0.05) is 0 Å². The van der Waals surface area contributed by atoms with Crippen LogP contribution in [0.5, 0.6) is 0 Å². The first-order valence-corrected chi connectivity index (χ1v) is 7.10. The van der Waals surface area contributed by atoms with Gasteiger partial charge in [0.1, 0.15) is 5.75 Å². The summed E-state index contributed by atoms with van der Waals surface area (Å²) in [5.41, 5.74) is 0. The normalized spacial score (nSPS) is 20.4. The number of nitrogens with zero attached hydrogens (tertiary/aromatic N) is 1. The van der Waals surface area contributed by atoms with Crippen molar-refractivity contribution in [2.24, 2.45) is 0 Å². The number of aliphatic hydroxyl groups is 1. The molecule has 0 aliphatic carbocycles. The molecule has 0 aromatic heterocycles. The van der Waals surface area contributed by atoms with E-state index in [1.54, 1.807) is 0 Å². The highest BCUT2D eigenvalue weighted by atomic mass is 32.2. The fourth-order valence-corrected chi connectivity index (χ4v) is 2.35. The average molecular weight is 269 g/mol. The molecular weight excluding hydrogens is 250 g/mol. The zero-order valence-electron chi connectivity index (χ0n) is 9.62. The second kappa shape index (κ2) is 7.24. The molecule has 1 heterocycles. The number of ether oxygens (including phenoxy) is 2. The fraction of sp³-hybridized carbons (Fsp3) is 1.00. The van der Waals surface area contributed by atoms with E-state index in [1.807, 2.05) is 4.90 Å². The summed E-state index contributed by atoms with van der Waals surface area (Å²) >= 11 is 0. The van der Waals surface area contributed by atoms with Crippen LogP contribution in [0.15, 0.2) is 0 Å². The van der Waals surface area contributed by atoms with Crippen LogP contribution in [0.4, 0.5) is 0 Å². The van der Waals surface area contributed by atoms with Gasteiger partial charge in [0, 0.05) is 19.6 Å². The van der Waals surface area contributed by atoms with Crippen molar-refractivity contribution in [3.8, 4) is 0 Å². The number of hydrogen-bond donors (Lipinski definition) is 2. The number of morpholine rings is 1. The zero-order valence-corrected chi connectivity index (χ0v) is 10.4. The minimum absolute atomic E-state index is 0.0600. The quantitative estimate of drug-likeness (QED) is 0.548. The first-order valence-electron chi connectivity index (χ1n) is 5.49. The lowest BCUT2D eigenvalue weighted by Gasteiger charge is -2.29. The molecule has 2 N–H and O–H groups in total. The Balaban J connectivity index is 2.43. The first-order chi connectivity index (χ1) is 8.01. The van der Waals surface area contributed by atoms with Crippen molar-refractivity contribution in [2.75, 3.05) is 51.8 Å². The minimum atomic E-state index is -4.07. The van der Waals surface area contributed by atoms with Crippen molar-refractivity contribution in [3.63, 3.8) is 0 Å². The highest BCUT2D eigenvalue weighted by Gasteiger charge is 2.21. The zero-order chi connectivity index (χ0) is 12.7. The van der Waals surface area contributed by atoms with Gasteiger partial charge in [-0.05, 0) is 0 Å². The molecule has 1 aliphatic heterocycles. The molecule has 0 amide bonds. The Labute approximate surface area is 101 Å². The van der Waals surface area contributed by atoms with Crippen LogP contribution in [-0.2, 0) is 19.6 Å². The van der Waals surface area contributed by atoms with Crippen LogP contribution >= 0.6 is 0 Å². The average Bonchev–Trinajstić information content (AvgIpc) is 2.25. The molecule has 17 heavy (non-hydrogen) atoms. The van der Waals surface area contributed by atoms with Crippen LogP contribution in [0, 0.1) is 0 Å². The number of aliphatic hydroxyl groups excluding tert-OH is 1. The van der Waals surface area contributed by atoms with E-state index in [2.05, 4.69) is 0 Å². The third-order valence-electron chi connectivity index (χ3n) is 2.41.